The highest BCUT2D eigenvalue weighted by atomic mass is 79.9. The summed E-state index contributed by atoms with van der Waals surface area (Å²) in [5.74, 6) is 1.61. The van der Waals surface area contributed by atoms with Crippen molar-refractivity contribution in [1.82, 2.24) is 9.97 Å². The second-order valence-electron chi connectivity index (χ2n) is 4.93. The highest BCUT2D eigenvalue weighted by Crippen LogP contribution is 2.38. The Morgan fingerprint density at radius 2 is 2.17 bits per heavy atom. The molecule has 0 amide bonds. The van der Waals surface area contributed by atoms with Crippen LogP contribution >= 0.6 is 15.9 Å². The molecule has 2 rings (SSSR count). The number of hydrogen-bond donors (Lipinski definition) is 2. The summed E-state index contributed by atoms with van der Waals surface area (Å²) in [4.78, 5) is 8.81. The van der Waals surface area contributed by atoms with Crippen molar-refractivity contribution in [2.75, 3.05) is 17.2 Å². The molecule has 0 atom stereocenters. The van der Waals surface area contributed by atoms with E-state index in [9.17, 15) is 0 Å². The second kappa shape index (κ2) is 5.87. The zero-order valence-electron chi connectivity index (χ0n) is 11.1. The van der Waals surface area contributed by atoms with E-state index in [1.54, 1.807) is 0 Å². The predicted molar refractivity (Wildman–Crippen MR) is 79.0 cm³/mol. The average molecular weight is 313 g/mol. The van der Waals surface area contributed by atoms with Crippen LogP contribution in [0.1, 0.15) is 46.0 Å². The Hall–Kier alpha value is -0.840. The van der Waals surface area contributed by atoms with Gasteiger partial charge in [-0.25, -0.2) is 4.98 Å². The molecule has 0 radical (unpaired) electrons. The SMILES string of the molecule is CCCNc1ncc(Br)c(NC2(CC)CCC2)n1. The Morgan fingerprint density at radius 1 is 1.39 bits per heavy atom. The van der Waals surface area contributed by atoms with Gasteiger partial charge in [-0.2, -0.15) is 4.98 Å². The maximum atomic E-state index is 4.54. The number of halogens is 1. The van der Waals surface area contributed by atoms with Crippen LogP contribution in [0.4, 0.5) is 11.8 Å². The second-order valence-corrected chi connectivity index (χ2v) is 5.78. The molecule has 18 heavy (non-hydrogen) atoms. The van der Waals surface area contributed by atoms with Crippen LogP contribution in [0.3, 0.4) is 0 Å². The number of anilines is 2. The van der Waals surface area contributed by atoms with Gasteiger partial charge >= 0.3 is 0 Å². The van der Waals surface area contributed by atoms with Crippen LogP contribution in [-0.4, -0.2) is 22.1 Å². The molecule has 0 bridgehead atoms. The van der Waals surface area contributed by atoms with Gasteiger partial charge in [-0.15, -0.1) is 0 Å². The van der Waals surface area contributed by atoms with Gasteiger partial charge in [0, 0.05) is 18.3 Å². The van der Waals surface area contributed by atoms with Gasteiger partial charge < -0.3 is 10.6 Å². The molecule has 0 saturated heterocycles. The van der Waals surface area contributed by atoms with Gasteiger partial charge in [0.2, 0.25) is 5.95 Å². The van der Waals surface area contributed by atoms with E-state index in [1.165, 1.54) is 19.3 Å². The van der Waals surface area contributed by atoms with Gasteiger partial charge in [0.15, 0.2) is 0 Å². The van der Waals surface area contributed by atoms with Crippen LogP contribution < -0.4 is 10.6 Å². The van der Waals surface area contributed by atoms with Crippen molar-refractivity contribution in [2.45, 2.75) is 51.5 Å². The number of aromatic nitrogens is 2. The van der Waals surface area contributed by atoms with Crippen molar-refractivity contribution in [3.63, 3.8) is 0 Å². The molecular weight excluding hydrogens is 292 g/mol. The first kappa shape index (κ1) is 13.6. The van der Waals surface area contributed by atoms with Crippen molar-refractivity contribution in [3.8, 4) is 0 Å². The van der Waals surface area contributed by atoms with Crippen molar-refractivity contribution < 1.29 is 0 Å². The summed E-state index contributed by atoms with van der Waals surface area (Å²) in [5, 5.41) is 6.81. The zero-order chi connectivity index (χ0) is 13.0. The summed E-state index contributed by atoms with van der Waals surface area (Å²) < 4.78 is 0.935. The smallest absolute Gasteiger partial charge is 0.224 e. The van der Waals surface area contributed by atoms with Crippen molar-refractivity contribution >= 4 is 27.7 Å². The van der Waals surface area contributed by atoms with E-state index in [0.29, 0.717) is 5.95 Å². The van der Waals surface area contributed by atoms with Crippen molar-refractivity contribution in [3.05, 3.63) is 10.7 Å². The Morgan fingerprint density at radius 3 is 2.72 bits per heavy atom. The molecule has 1 fully saturated rings. The quantitative estimate of drug-likeness (QED) is 0.838. The molecule has 1 aliphatic rings. The standard InChI is InChI=1S/C13H21BrN4/c1-3-8-15-12-16-9-10(14)11(17-12)18-13(4-2)6-5-7-13/h9H,3-8H2,1-2H3,(H2,15,16,17,18). The number of hydrogen-bond acceptors (Lipinski definition) is 4. The topological polar surface area (TPSA) is 49.8 Å². The molecule has 5 heteroatoms. The molecule has 100 valence electrons. The molecule has 1 aliphatic carbocycles. The number of nitrogens with zero attached hydrogens (tertiary/aromatic N) is 2. The minimum Gasteiger partial charge on any atom is -0.364 e. The van der Waals surface area contributed by atoms with Gasteiger partial charge in [0.1, 0.15) is 5.82 Å². The van der Waals surface area contributed by atoms with Gasteiger partial charge in [-0.1, -0.05) is 13.8 Å². The molecule has 1 aromatic heterocycles. The van der Waals surface area contributed by atoms with Crippen molar-refractivity contribution in [1.29, 1.82) is 0 Å². The van der Waals surface area contributed by atoms with E-state index >= 15 is 0 Å². The van der Waals surface area contributed by atoms with E-state index in [2.05, 4.69) is 50.4 Å². The van der Waals surface area contributed by atoms with Gasteiger partial charge in [-0.3, -0.25) is 0 Å². The van der Waals surface area contributed by atoms with E-state index < -0.39 is 0 Å². The van der Waals surface area contributed by atoms with E-state index in [0.717, 1.165) is 29.7 Å². The van der Waals surface area contributed by atoms with E-state index in [-0.39, 0.29) is 5.54 Å². The fourth-order valence-corrected chi connectivity index (χ4v) is 2.49. The molecular formula is C13H21BrN4. The molecule has 1 saturated carbocycles. The average Bonchev–Trinajstić information content (AvgIpc) is 2.34. The number of rotatable bonds is 6. The third-order valence-corrected chi connectivity index (χ3v) is 4.23. The maximum Gasteiger partial charge on any atom is 0.224 e. The van der Waals surface area contributed by atoms with Crippen LogP contribution in [0.25, 0.3) is 0 Å². The highest BCUT2D eigenvalue weighted by Gasteiger charge is 2.35. The summed E-state index contributed by atoms with van der Waals surface area (Å²) in [6.45, 7) is 5.27. The lowest BCUT2D eigenvalue weighted by Gasteiger charge is -2.42. The van der Waals surface area contributed by atoms with Gasteiger partial charge in [0.05, 0.1) is 4.47 Å². The summed E-state index contributed by atoms with van der Waals surface area (Å²) in [6, 6.07) is 0. The lowest BCUT2D eigenvalue weighted by Crippen LogP contribution is -2.44. The Labute approximate surface area is 117 Å². The summed E-state index contributed by atoms with van der Waals surface area (Å²) in [7, 11) is 0. The minimum atomic E-state index is 0.249. The van der Waals surface area contributed by atoms with Crippen LogP contribution in [0.2, 0.25) is 0 Å². The zero-order valence-corrected chi connectivity index (χ0v) is 12.7. The van der Waals surface area contributed by atoms with Crippen LogP contribution in [0.15, 0.2) is 10.7 Å². The van der Waals surface area contributed by atoms with E-state index in [1.807, 2.05) is 6.20 Å². The fraction of sp³-hybridized carbons (Fsp3) is 0.692. The van der Waals surface area contributed by atoms with Crippen LogP contribution in [-0.2, 0) is 0 Å². The van der Waals surface area contributed by atoms with E-state index in [4.69, 9.17) is 0 Å². The molecule has 0 spiro atoms. The van der Waals surface area contributed by atoms with Crippen molar-refractivity contribution in [2.24, 2.45) is 0 Å². The molecule has 0 aromatic carbocycles. The third kappa shape index (κ3) is 2.94. The highest BCUT2D eigenvalue weighted by molar-refractivity contribution is 9.10. The van der Waals surface area contributed by atoms with Gasteiger partial charge in [-0.05, 0) is 48.0 Å². The minimum absolute atomic E-state index is 0.249. The monoisotopic (exact) mass is 312 g/mol. The number of nitrogens with one attached hydrogen (secondary N) is 2. The normalized spacial score (nSPS) is 17.1. The molecule has 1 heterocycles. The third-order valence-electron chi connectivity index (χ3n) is 3.65. The first-order valence-corrected chi connectivity index (χ1v) is 7.53. The molecule has 4 nitrogen and oxygen atoms in total. The lowest BCUT2D eigenvalue weighted by atomic mass is 9.75. The molecule has 0 unspecified atom stereocenters. The van der Waals surface area contributed by atoms with Crippen LogP contribution in [0, 0.1) is 0 Å². The Bertz CT molecular complexity index is 398. The molecule has 0 aliphatic heterocycles. The Kier molecular flexibility index (Phi) is 4.43. The summed E-state index contributed by atoms with van der Waals surface area (Å²) in [5.41, 5.74) is 0.249. The summed E-state index contributed by atoms with van der Waals surface area (Å²) >= 11 is 3.52. The fourth-order valence-electron chi connectivity index (χ4n) is 2.20. The molecule has 2 N–H and O–H groups in total. The van der Waals surface area contributed by atoms with Gasteiger partial charge in [0.25, 0.3) is 0 Å². The first-order chi connectivity index (χ1) is 8.69. The maximum absolute atomic E-state index is 4.54. The van der Waals surface area contributed by atoms with Crippen LogP contribution in [0.5, 0.6) is 0 Å². The Balaban J connectivity index is 2.10. The lowest BCUT2D eigenvalue weighted by molar-refractivity contribution is 0.268. The summed E-state index contributed by atoms with van der Waals surface area (Å²) in [6.07, 6.45) is 7.80. The molecule has 1 aromatic rings. The predicted octanol–water partition coefficient (Wildman–Crippen LogP) is 3.81. The largest absolute Gasteiger partial charge is 0.364 e. The first-order valence-electron chi connectivity index (χ1n) is 6.74.